The molecule has 18 heavy (non-hydrogen) atoms. The molecule has 1 aromatic rings. The van der Waals surface area contributed by atoms with Crippen LogP contribution in [0.5, 0.6) is 5.75 Å². The fourth-order valence-electron chi connectivity index (χ4n) is 2.77. The Hall–Kier alpha value is -1.02. The summed E-state index contributed by atoms with van der Waals surface area (Å²) in [7, 11) is 0. The molecule has 0 amide bonds. The van der Waals surface area contributed by atoms with Crippen LogP contribution in [0.25, 0.3) is 0 Å². The van der Waals surface area contributed by atoms with Crippen molar-refractivity contribution in [2.75, 3.05) is 6.61 Å². The lowest BCUT2D eigenvalue weighted by Gasteiger charge is -2.26. The van der Waals surface area contributed by atoms with Gasteiger partial charge in [-0.25, -0.2) is 0 Å². The average Bonchev–Trinajstić information content (AvgIpc) is 2.46. The van der Waals surface area contributed by atoms with Crippen molar-refractivity contribution in [2.45, 2.75) is 51.6 Å². The first kappa shape index (κ1) is 13.4. The molecule has 1 N–H and O–H groups in total. The SMILES string of the molecule is CCc1ccccc1OCC(O)C1CCCCC1. The Morgan fingerprint density at radius 2 is 1.94 bits per heavy atom. The molecular weight excluding hydrogens is 224 g/mol. The van der Waals surface area contributed by atoms with Gasteiger partial charge in [-0.1, -0.05) is 44.4 Å². The van der Waals surface area contributed by atoms with Gasteiger partial charge in [-0.15, -0.1) is 0 Å². The van der Waals surface area contributed by atoms with E-state index in [0.29, 0.717) is 12.5 Å². The predicted octanol–water partition coefficient (Wildman–Crippen LogP) is 3.57. The Labute approximate surface area is 110 Å². The Morgan fingerprint density at radius 3 is 2.67 bits per heavy atom. The van der Waals surface area contributed by atoms with Crippen molar-refractivity contribution >= 4 is 0 Å². The maximum absolute atomic E-state index is 10.2. The summed E-state index contributed by atoms with van der Waals surface area (Å²) in [6, 6.07) is 8.10. The molecule has 0 aliphatic heterocycles. The van der Waals surface area contributed by atoms with Gasteiger partial charge in [0.1, 0.15) is 12.4 Å². The van der Waals surface area contributed by atoms with Crippen molar-refractivity contribution in [2.24, 2.45) is 5.92 Å². The first-order chi connectivity index (χ1) is 8.81. The standard InChI is InChI=1S/C16H24O2/c1-2-13-8-6-7-11-16(13)18-12-15(17)14-9-4-3-5-10-14/h6-8,11,14-15,17H,2-5,9-10,12H2,1H3. The second kappa shape index (κ2) is 6.79. The fraction of sp³-hybridized carbons (Fsp3) is 0.625. The molecular formula is C16H24O2. The number of aryl methyl sites for hydroxylation is 1. The molecule has 100 valence electrons. The monoisotopic (exact) mass is 248 g/mol. The van der Waals surface area contributed by atoms with E-state index in [1.807, 2.05) is 18.2 Å². The predicted molar refractivity (Wildman–Crippen MR) is 73.9 cm³/mol. The van der Waals surface area contributed by atoms with Gasteiger partial charge in [0.15, 0.2) is 0 Å². The number of ether oxygens (including phenoxy) is 1. The largest absolute Gasteiger partial charge is 0.491 e. The van der Waals surface area contributed by atoms with E-state index in [1.54, 1.807) is 0 Å². The van der Waals surface area contributed by atoms with Gasteiger partial charge in [-0.3, -0.25) is 0 Å². The number of benzene rings is 1. The van der Waals surface area contributed by atoms with Crippen molar-refractivity contribution in [1.82, 2.24) is 0 Å². The van der Waals surface area contributed by atoms with Crippen molar-refractivity contribution in [3.05, 3.63) is 29.8 Å². The molecule has 0 spiro atoms. The lowest BCUT2D eigenvalue weighted by Crippen LogP contribution is -2.29. The summed E-state index contributed by atoms with van der Waals surface area (Å²) < 4.78 is 5.79. The molecule has 1 unspecified atom stereocenters. The van der Waals surface area contributed by atoms with Crippen LogP contribution in [0, 0.1) is 5.92 Å². The van der Waals surface area contributed by atoms with Crippen LogP contribution in [-0.2, 0) is 6.42 Å². The van der Waals surface area contributed by atoms with Gasteiger partial charge in [0.2, 0.25) is 0 Å². The Balaban J connectivity index is 1.86. The molecule has 1 fully saturated rings. The Bertz CT molecular complexity index is 356. The fourth-order valence-corrected chi connectivity index (χ4v) is 2.77. The van der Waals surface area contributed by atoms with Crippen LogP contribution in [0.3, 0.4) is 0 Å². The zero-order valence-corrected chi connectivity index (χ0v) is 11.3. The van der Waals surface area contributed by atoms with Gasteiger partial charge in [0.05, 0.1) is 6.10 Å². The first-order valence-corrected chi connectivity index (χ1v) is 7.20. The van der Waals surface area contributed by atoms with E-state index in [1.165, 1.54) is 24.8 Å². The summed E-state index contributed by atoms with van der Waals surface area (Å²) in [5.74, 6) is 1.36. The maximum atomic E-state index is 10.2. The molecule has 2 heteroatoms. The third-order valence-electron chi connectivity index (χ3n) is 3.96. The van der Waals surface area contributed by atoms with E-state index in [0.717, 1.165) is 25.0 Å². The van der Waals surface area contributed by atoms with Gasteiger partial charge in [-0.05, 0) is 36.8 Å². The minimum Gasteiger partial charge on any atom is -0.491 e. The first-order valence-electron chi connectivity index (χ1n) is 7.20. The molecule has 1 atom stereocenters. The number of hydrogen-bond acceptors (Lipinski definition) is 2. The van der Waals surface area contributed by atoms with Crippen LogP contribution < -0.4 is 4.74 Å². The molecule has 1 aliphatic carbocycles. The zero-order chi connectivity index (χ0) is 12.8. The van der Waals surface area contributed by atoms with Gasteiger partial charge in [-0.2, -0.15) is 0 Å². The van der Waals surface area contributed by atoms with E-state index < -0.39 is 0 Å². The van der Waals surface area contributed by atoms with Crippen molar-refractivity contribution in [3.63, 3.8) is 0 Å². The van der Waals surface area contributed by atoms with Gasteiger partial charge < -0.3 is 9.84 Å². The maximum Gasteiger partial charge on any atom is 0.122 e. The average molecular weight is 248 g/mol. The highest BCUT2D eigenvalue weighted by Crippen LogP contribution is 2.27. The van der Waals surface area contributed by atoms with Crippen molar-refractivity contribution in [3.8, 4) is 5.75 Å². The molecule has 0 saturated heterocycles. The summed E-state index contributed by atoms with van der Waals surface area (Å²) >= 11 is 0. The Morgan fingerprint density at radius 1 is 1.22 bits per heavy atom. The summed E-state index contributed by atoms with van der Waals surface area (Å²) in [5, 5.41) is 10.2. The molecule has 1 aliphatic rings. The minimum atomic E-state index is -0.310. The summed E-state index contributed by atoms with van der Waals surface area (Å²) in [6.07, 6.45) is 6.80. The van der Waals surface area contributed by atoms with E-state index in [2.05, 4.69) is 13.0 Å². The second-order valence-electron chi connectivity index (χ2n) is 5.24. The van der Waals surface area contributed by atoms with E-state index in [9.17, 15) is 5.11 Å². The lowest BCUT2D eigenvalue weighted by molar-refractivity contribution is 0.0411. The Kier molecular flexibility index (Phi) is 5.06. The second-order valence-corrected chi connectivity index (χ2v) is 5.24. The molecule has 0 bridgehead atoms. The number of aliphatic hydroxyl groups excluding tert-OH is 1. The van der Waals surface area contributed by atoms with Crippen LogP contribution in [0.2, 0.25) is 0 Å². The third kappa shape index (κ3) is 3.49. The number of para-hydroxylation sites is 1. The van der Waals surface area contributed by atoms with Crippen LogP contribution in [0.15, 0.2) is 24.3 Å². The van der Waals surface area contributed by atoms with E-state index >= 15 is 0 Å². The van der Waals surface area contributed by atoms with Crippen LogP contribution in [0.4, 0.5) is 0 Å². The normalized spacial score (nSPS) is 18.6. The third-order valence-corrected chi connectivity index (χ3v) is 3.96. The summed E-state index contributed by atoms with van der Waals surface area (Å²) in [6.45, 7) is 2.56. The molecule has 0 heterocycles. The topological polar surface area (TPSA) is 29.5 Å². The number of aliphatic hydroxyl groups is 1. The molecule has 1 aromatic carbocycles. The molecule has 2 rings (SSSR count). The highest BCUT2D eigenvalue weighted by Gasteiger charge is 2.22. The molecule has 0 aromatic heterocycles. The molecule has 0 radical (unpaired) electrons. The van der Waals surface area contributed by atoms with Gasteiger partial charge in [0.25, 0.3) is 0 Å². The smallest absolute Gasteiger partial charge is 0.122 e. The number of hydrogen-bond donors (Lipinski definition) is 1. The number of rotatable bonds is 5. The summed E-state index contributed by atoms with van der Waals surface area (Å²) in [4.78, 5) is 0. The van der Waals surface area contributed by atoms with Crippen LogP contribution in [0.1, 0.15) is 44.6 Å². The zero-order valence-electron chi connectivity index (χ0n) is 11.3. The molecule has 1 saturated carbocycles. The quantitative estimate of drug-likeness (QED) is 0.863. The van der Waals surface area contributed by atoms with Gasteiger partial charge >= 0.3 is 0 Å². The van der Waals surface area contributed by atoms with Crippen molar-refractivity contribution < 1.29 is 9.84 Å². The molecule has 2 nitrogen and oxygen atoms in total. The highest BCUT2D eigenvalue weighted by molar-refractivity contribution is 5.33. The minimum absolute atomic E-state index is 0.310. The van der Waals surface area contributed by atoms with E-state index in [4.69, 9.17) is 4.74 Å². The van der Waals surface area contributed by atoms with Crippen LogP contribution >= 0.6 is 0 Å². The van der Waals surface area contributed by atoms with Gasteiger partial charge in [0, 0.05) is 0 Å². The lowest BCUT2D eigenvalue weighted by atomic mass is 9.85. The van der Waals surface area contributed by atoms with Crippen molar-refractivity contribution in [1.29, 1.82) is 0 Å². The van der Waals surface area contributed by atoms with Crippen LogP contribution in [-0.4, -0.2) is 17.8 Å². The van der Waals surface area contributed by atoms with E-state index in [-0.39, 0.29) is 6.10 Å². The highest BCUT2D eigenvalue weighted by atomic mass is 16.5. The summed E-state index contributed by atoms with van der Waals surface area (Å²) in [5.41, 5.74) is 1.22.